The van der Waals surface area contributed by atoms with Crippen LogP contribution in [-0.2, 0) is 0 Å². The van der Waals surface area contributed by atoms with E-state index in [-0.39, 0.29) is 16.6 Å². The fraction of sp³-hybridized carbons (Fsp3) is 0.250. The molecule has 0 saturated carbocycles. The zero-order chi connectivity index (χ0) is 11.2. The van der Waals surface area contributed by atoms with E-state index in [0.29, 0.717) is 11.3 Å². The lowest BCUT2D eigenvalue weighted by Gasteiger charge is -2.06. The lowest BCUT2D eigenvalue weighted by atomic mass is 10.1. The van der Waals surface area contributed by atoms with Crippen LogP contribution in [-0.4, -0.2) is 5.11 Å². The summed E-state index contributed by atoms with van der Waals surface area (Å²) < 4.78 is 5.47. The first-order valence-electron chi connectivity index (χ1n) is 4.74. The largest absolute Gasteiger partial charge is 0.507 e. The molecule has 0 aliphatic heterocycles. The Kier molecular flexibility index (Phi) is 2.03. The Balaban J connectivity index is 3.10. The second-order valence-electron chi connectivity index (χ2n) is 3.76. The van der Waals surface area contributed by atoms with Gasteiger partial charge in [0.25, 0.3) is 0 Å². The van der Waals surface area contributed by atoms with Crippen molar-refractivity contribution >= 4 is 11.0 Å². The van der Waals surface area contributed by atoms with Crippen molar-refractivity contribution in [1.29, 1.82) is 0 Å². The highest BCUT2D eigenvalue weighted by atomic mass is 16.3. The van der Waals surface area contributed by atoms with Gasteiger partial charge in [0.2, 0.25) is 0 Å². The average Bonchev–Trinajstić information content (AvgIpc) is 2.12. The molecule has 0 radical (unpaired) electrons. The molecule has 0 aliphatic carbocycles. The molecule has 15 heavy (non-hydrogen) atoms. The van der Waals surface area contributed by atoms with Crippen LogP contribution in [0.4, 0.5) is 0 Å². The van der Waals surface area contributed by atoms with Gasteiger partial charge in [0.05, 0.1) is 0 Å². The zero-order valence-corrected chi connectivity index (χ0v) is 8.92. The van der Waals surface area contributed by atoms with Gasteiger partial charge in [-0.3, -0.25) is 4.79 Å². The highest BCUT2D eigenvalue weighted by molar-refractivity contribution is 5.86. The molecule has 0 spiro atoms. The number of aromatic hydroxyl groups is 1. The summed E-state index contributed by atoms with van der Waals surface area (Å²) in [6, 6.07) is 2.97. The third-order valence-corrected chi connectivity index (χ3v) is 2.61. The van der Waals surface area contributed by atoms with Crippen LogP contribution in [0.5, 0.6) is 5.75 Å². The van der Waals surface area contributed by atoms with E-state index in [4.69, 9.17) is 4.42 Å². The fourth-order valence-electron chi connectivity index (χ4n) is 1.68. The van der Waals surface area contributed by atoms with Gasteiger partial charge >= 0.3 is 0 Å². The summed E-state index contributed by atoms with van der Waals surface area (Å²) in [4.78, 5) is 11.7. The van der Waals surface area contributed by atoms with Crippen molar-refractivity contribution in [3.05, 3.63) is 39.2 Å². The molecule has 1 aromatic heterocycles. The molecule has 2 rings (SSSR count). The first kappa shape index (κ1) is 9.77. The molecule has 1 aromatic carbocycles. The smallest absolute Gasteiger partial charge is 0.196 e. The third-order valence-electron chi connectivity index (χ3n) is 2.61. The van der Waals surface area contributed by atoms with Gasteiger partial charge in [-0.1, -0.05) is 0 Å². The molecule has 0 unspecified atom stereocenters. The van der Waals surface area contributed by atoms with E-state index in [9.17, 15) is 9.90 Å². The van der Waals surface area contributed by atoms with Crippen molar-refractivity contribution in [3.8, 4) is 5.75 Å². The van der Waals surface area contributed by atoms with Crippen LogP contribution in [0.25, 0.3) is 11.0 Å². The molecule has 3 heteroatoms. The van der Waals surface area contributed by atoms with E-state index in [2.05, 4.69) is 0 Å². The summed E-state index contributed by atoms with van der Waals surface area (Å²) in [7, 11) is 0. The van der Waals surface area contributed by atoms with Crippen molar-refractivity contribution in [3.63, 3.8) is 0 Å². The summed E-state index contributed by atoms with van der Waals surface area (Å²) in [5.74, 6) is 0.544. The predicted molar refractivity (Wildman–Crippen MR) is 58.4 cm³/mol. The maximum Gasteiger partial charge on any atom is 0.196 e. The SMILES string of the molecule is Cc1cc(=O)c2c(O)cc(C)c(C)c2o1. The Bertz CT molecular complexity index is 594. The molecule has 0 atom stereocenters. The molecule has 0 saturated heterocycles. The molecule has 2 aromatic rings. The quantitative estimate of drug-likeness (QED) is 0.717. The van der Waals surface area contributed by atoms with Crippen LogP contribution in [0.2, 0.25) is 0 Å². The fourth-order valence-corrected chi connectivity index (χ4v) is 1.68. The number of phenolic OH excluding ortho intramolecular Hbond substituents is 1. The van der Waals surface area contributed by atoms with Crippen molar-refractivity contribution in [1.82, 2.24) is 0 Å². The van der Waals surface area contributed by atoms with Gasteiger partial charge < -0.3 is 9.52 Å². The van der Waals surface area contributed by atoms with E-state index in [1.165, 1.54) is 6.07 Å². The summed E-state index contributed by atoms with van der Waals surface area (Å²) in [5.41, 5.74) is 2.09. The Hall–Kier alpha value is -1.77. The van der Waals surface area contributed by atoms with Gasteiger partial charge in [0.15, 0.2) is 5.43 Å². The Morgan fingerprint density at radius 2 is 1.87 bits per heavy atom. The van der Waals surface area contributed by atoms with Crippen molar-refractivity contribution < 1.29 is 9.52 Å². The van der Waals surface area contributed by atoms with Crippen LogP contribution in [0, 0.1) is 20.8 Å². The maximum absolute atomic E-state index is 11.7. The number of hydrogen-bond acceptors (Lipinski definition) is 3. The predicted octanol–water partition coefficient (Wildman–Crippen LogP) is 2.42. The van der Waals surface area contributed by atoms with Crippen LogP contribution in [0.3, 0.4) is 0 Å². The summed E-state index contributed by atoms with van der Waals surface area (Å²) in [5, 5.41) is 9.96. The summed E-state index contributed by atoms with van der Waals surface area (Å²) >= 11 is 0. The highest BCUT2D eigenvalue weighted by Crippen LogP contribution is 2.27. The van der Waals surface area contributed by atoms with Crippen molar-refractivity contribution in [2.45, 2.75) is 20.8 Å². The summed E-state index contributed by atoms with van der Waals surface area (Å²) in [6.07, 6.45) is 0. The second-order valence-corrected chi connectivity index (χ2v) is 3.76. The molecule has 0 fully saturated rings. The topological polar surface area (TPSA) is 50.4 Å². The third kappa shape index (κ3) is 1.40. The van der Waals surface area contributed by atoms with Crippen LogP contribution < -0.4 is 5.43 Å². The number of phenols is 1. The molecule has 1 N–H and O–H groups in total. The molecular formula is C12H12O3. The molecular weight excluding hydrogens is 192 g/mol. The van der Waals surface area contributed by atoms with Gasteiger partial charge in [-0.05, 0) is 38.0 Å². The minimum absolute atomic E-state index is 0.0122. The van der Waals surface area contributed by atoms with Crippen molar-refractivity contribution in [2.75, 3.05) is 0 Å². The monoisotopic (exact) mass is 204 g/mol. The number of fused-ring (bicyclic) bond motifs is 1. The highest BCUT2D eigenvalue weighted by Gasteiger charge is 2.11. The molecule has 3 nitrogen and oxygen atoms in total. The first-order chi connectivity index (χ1) is 7.00. The average molecular weight is 204 g/mol. The van der Waals surface area contributed by atoms with Gasteiger partial charge in [0.1, 0.15) is 22.5 Å². The van der Waals surface area contributed by atoms with Gasteiger partial charge in [-0.2, -0.15) is 0 Å². The first-order valence-corrected chi connectivity index (χ1v) is 4.74. The molecule has 1 heterocycles. The molecule has 0 aliphatic rings. The van der Waals surface area contributed by atoms with E-state index in [1.807, 2.05) is 13.8 Å². The van der Waals surface area contributed by atoms with Gasteiger partial charge in [-0.15, -0.1) is 0 Å². The van der Waals surface area contributed by atoms with E-state index < -0.39 is 0 Å². The minimum atomic E-state index is -0.200. The van der Waals surface area contributed by atoms with Crippen molar-refractivity contribution in [2.24, 2.45) is 0 Å². The number of hydrogen-bond donors (Lipinski definition) is 1. The normalized spacial score (nSPS) is 10.9. The van der Waals surface area contributed by atoms with Gasteiger partial charge in [-0.25, -0.2) is 0 Å². The lowest BCUT2D eigenvalue weighted by molar-refractivity contribution is 0.478. The van der Waals surface area contributed by atoms with E-state index >= 15 is 0 Å². The summed E-state index contributed by atoms with van der Waals surface area (Å²) in [6.45, 7) is 5.47. The van der Waals surface area contributed by atoms with E-state index in [0.717, 1.165) is 11.1 Å². The molecule has 0 amide bonds. The van der Waals surface area contributed by atoms with Gasteiger partial charge in [0, 0.05) is 6.07 Å². The zero-order valence-electron chi connectivity index (χ0n) is 8.92. The molecule has 78 valence electrons. The lowest BCUT2D eigenvalue weighted by Crippen LogP contribution is -2.02. The minimum Gasteiger partial charge on any atom is -0.507 e. The Morgan fingerprint density at radius 3 is 2.53 bits per heavy atom. The second kappa shape index (κ2) is 3.12. The number of aryl methyl sites for hydroxylation is 3. The van der Waals surface area contributed by atoms with Crippen LogP contribution in [0.1, 0.15) is 16.9 Å². The van der Waals surface area contributed by atoms with Crippen LogP contribution >= 0.6 is 0 Å². The Morgan fingerprint density at radius 1 is 1.20 bits per heavy atom. The maximum atomic E-state index is 11.7. The molecule has 0 bridgehead atoms. The van der Waals surface area contributed by atoms with Crippen LogP contribution in [0.15, 0.2) is 21.3 Å². The Labute approximate surface area is 87.0 Å². The standard InChI is InChI=1S/C12H12O3/c1-6-4-9(13)11-10(14)5-7(2)15-12(11)8(6)3/h4-5,13H,1-3H3. The number of benzene rings is 1. The number of rotatable bonds is 0. The van der Waals surface area contributed by atoms with E-state index in [1.54, 1.807) is 13.0 Å².